The lowest BCUT2D eigenvalue weighted by Gasteiger charge is -2.12. The zero-order valence-electron chi connectivity index (χ0n) is 13.2. The summed E-state index contributed by atoms with van der Waals surface area (Å²) in [7, 11) is 0. The molecule has 2 rings (SSSR count). The average Bonchev–Trinajstić information content (AvgIpc) is 2.49. The molecule has 0 N–H and O–H groups in total. The SMILES string of the molecule is CCCCC(CC(C)C)N=Nc1nncc2ccccc12. The van der Waals surface area contributed by atoms with Gasteiger partial charge in [0.25, 0.3) is 0 Å². The molecule has 1 aromatic heterocycles. The number of unbranched alkanes of at least 4 members (excludes halogenated alkanes) is 1. The van der Waals surface area contributed by atoms with Gasteiger partial charge in [0.05, 0.1) is 12.2 Å². The van der Waals surface area contributed by atoms with Gasteiger partial charge < -0.3 is 0 Å². The molecule has 1 heterocycles. The Labute approximate surface area is 126 Å². The molecule has 0 aliphatic heterocycles. The van der Waals surface area contributed by atoms with E-state index in [0.29, 0.717) is 11.7 Å². The van der Waals surface area contributed by atoms with Crippen molar-refractivity contribution in [2.24, 2.45) is 16.1 Å². The fourth-order valence-corrected chi connectivity index (χ4v) is 2.43. The third-order valence-corrected chi connectivity index (χ3v) is 3.50. The van der Waals surface area contributed by atoms with E-state index in [9.17, 15) is 0 Å². The van der Waals surface area contributed by atoms with Crippen molar-refractivity contribution in [3.8, 4) is 0 Å². The molecule has 0 amide bonds. The summed E-state index contributed by atoms with van der Waals surface area (Å²) >= 11 is 0. The van der Waals surface area contributed by atoms with E-state index in [4.69, 9.17) is 0 Å². The van der Waals surface area contributed by atoms with Gasteiger partial charge in [0.2, 0.25) is 5.82 Å². The Morgan fingerprint density at radius 1 is 1.19 bits per heavy atom. The van der Waals surface area contributed by atoms with E-state index in [2.05, 4.69) is 41.2 Å². The minimum Gasteiger partial charge on any atom is -0.184 e. The van der Waals surface area contributed by atoms with Crippen molar-refractivity contribution in [3.63, 3.8) is 0 Å². The highest BCUT2D eigenvalue weighted by molar-refractivity contribution is 5.89. The Morgan fingerprint density at radius 3 is 2.76 bits per heavy atom. The third-order valence-electron chi connectivity index (χ3n) is 3.50. The molecule has 0 fully saturated rings. The lowest BCUT2D eigenvalue weighted by molar-refractivity contribution is 0.451. The molecular weight excluding hydrogens is 260 g/mol. The summed E-state index contributed by atoms with van der Waals surface area (Å²) in [5.74, 6) is 1.25. The Kier molecular flexibility index (Phi) is 5.78. The predicted octanol–water partition coefficient (Wildman–Crippen LogP) is 5.32. The molecule has 0 saturated carbocycles. The Morgan fingerprint density at radius 2 is 2.00 bits per heavy atom. The number of benzene rings is 1. The summed E-state index contributed by atoms with van der Waals surface area (Å²) in [6.07, 6.45) is 6.31. The van der Waals surface area contributed by atoms with Crippen LogP contribution in [0.25, 0.3) is 10.8 Å². The van der Waals surface area contributed by atoms with Crippen molar-refractivity contribution in [1.82, 2.24) is 10.2 Å². The molecule has 4 nitrogen and oxygen atoms in total. The topological polar surface area (TPSA) is 50.5 Å². The maximum absolute atomic E-state index is 4.54. The Bertz CT molecular complexity index is 587. The maximum atomic E-state index is 4.54. The molecule has 0 aliphatic carbocycles. The fourth-order valence-electron chi connectivity index (χ4n) is 2.43. The van der Waals surface area contributed by atoms with E-state index in [-0.39, 0.29) is 6.04 Å². The summed E-state index contributed by atoms with van der Waals surface area (Å²) in [4.78, 5) is 0. The number of hydrogen-bond donors (Lipinski definition) is 0. The Balaban J connectivity index is 2.19. The molecule has 4 heteroatoms. The quantitative estimate of drug-likeness (QED) is 0.646. The van der Waals surface area contributed by atoms with Crippen LogP contribution >= 0.6 is 0 Å². The van der Waals surface area contributed by atoms with Crippen molar-refractivity contribution < 1.29 is 0 Å². The van der Waals surface area contributed by atoms with Crippen LogP contribution in [-0.2, 0) is 0 Å². The predicted molar refractivity (Wildman–Crippen MR) is 86.8 cm³/mol. The van der Waals surface area contributed by atoms with E-state index in [1.807, 2.05) is 24.3 Å². The van der Waals surface area contributed by atoms with Gasteiger partial charge in [-0.2, -0.15) is 10.2 Å². The molecule has 0 spiro atoms. The highest BCUT2D eigenvalue weighted by Gasteiger charge is 2.10. The van der Waals surface area contributed by atoms with E-state index in [1.165, 1.54) is 12.8 Å². The molecule has 0 radical (unpaired) electrons. The molecule has 1 unspecified atom stereocenters. The summed E-state index contributed by atoms with van der Waals surface area (Å²) in [5, 5.41) is 19.1. The van der Waals surface area contributed by atoms with Crippen LogP contribution in [0, 0.1) is 5.92 Å². The van der Waals surface area contributed by atoms with Crippen LogP contribution in [0.3, 0.4) is 0 Å². The van der Waals surface area contributed by atoms with Crippen LogP contribution < -0.4 is 0 Å². The van der Waals surface area contributed by atoms with Gasteiger partial charge in [-0.3, -0.25) is 0 Å². The highest BCUT2D eigenvalue weighted by atomic mass is 15.2. The second-order valence-corrected chi connectivity index (χ2v) is 5.90. The smallest absolute Gasteiger partial charge is 0.184 e. The first-order chi connectivity index (χ1) is 10.2. The van der Waals surface area contributed by atoms with Gasteiger partial charge in [-0.1, -0.05) is 57.9 Å². The van der Waals surface area contributed by atoms with Gasteiger partial charge >= 0.3 is 0 Å². The standard InChI is InChI=1S/C17H24N4/c1-4-5-9-15(11-13(2)3)19-21-17-16-10-7-6-8-14(16)12-18-20-17/h6-8,10,12-13,15H,4-5,9,11H2,1-3H3. The Hall–Kier alpha value is -1.84. The average molecular weight is 284 g/mol. The third kappa shape index (κ3) is 4.59. The fraction of sp³-hybridized carbons (Fsp3) is 0.529. The number of rotatable bonds is 7. The van der Waals surface area contributed by atoms with Gasteiger partial charge in [0.15, 0.2) is 0 Å². The lowest BCUT2D eigenvalue weighted by atomic mass is 10.00. The first-order valence-corrected chi connectivity index (χ1v) is 7.82. The van der Waals surface area contributed by atoms with Gasteiger partial charge in [-0.15, -0.1) is 10.2 Å². The zero-order chi connectivity index (χ0) is 15.1. The molecule has 1 aromatic carbocycles. The molecule has 1 atom stereocenters. The van der Waals surface area contributed by atoms with E-state index < -0.39 is 0 Å². The number of hydrogen-bond acceptors (Lipinski definition) is 4. The van der Waals surface area contributed by atoms with Crippen LogP contribution in [0.4, 0.5) is 5.82 Å². The molecule has 112 valence electrons. The van der Waals surface area contributed by atoms with Crippen LogP contribution in [0.1, 0.15) is 46.5 Å². The van der Waals surface area contributed by atoms with Crippen molar-refractivity contribution in [2.45, 2.75) is 52.5 Å². The monoisotopic (exact) mass is 284 g/mol. The first kappa shape index (κ1) is 15.5. The number of fused-ring (bicyclic) bond motifs is 1. The van der Waals surface area contributed by atoms with E-state index >= 15 is 0 Å². The maximum Gasteiger partial charge on any atom is 0.203 e. The molecule has 2 aromatic rings. The largest absolute Gasteiger partial charge is 0.203 e. The van der Waals surface area contributed by atoms with Gasteiger partial charge in [-0.25, -0.2) is 0 Å². The van der Waals surface area contributed by atoms with Gasteiger partial charge in [0.1, 0.15) is 0 Å². The van der Waals surface area contributed by atoms with E-state index in [0.717, 1.165) is 23.6 Å². The second-order valence-electron chi connectivity index (χ2n) is 5.90. The van der Waals surface area contributed by atoms with Crippen molar-refractivity contribution in [2.75, 3.05) is 0 Å². The number of aromatic nitrogens is 2. The van der Waals surface area contributed by atoms with Crippen LogP contribution in [0.5, 0.6) is 0 Å². The molecule has 0 aliphatic rings. The second kappa shape index (κ2) is 7.81. The minimum absolute atomic E-state index is 0.283. The molecular formula is C17H24N4. The normalized spacial score (nSPS) is 13.3. The van der Waals surface area contributed by atoms with Crippen molar-refractivity contribution in [3.05, 3.63) is 30.5 Å². The minimum atomic E-state index is 0.283. The van der Waals surface area contributed by atoms with Crippen LogP contribution in [0.15, 0.2) is 40.7 Å². The van der Waals surface area contributed by atoms with E-state index in [1.54, 1.807) is 6.20 Å². The first-order valence-electron chi connectivity index (χ1n) is 7.82. The summed E-state index contributed by atoms with van der Waals surface area (Å²) < 4.78 is 0. The summed E-state index contributed by atoms with van der Waals surface area (Å²) in [6.45, 7) is 6.66. The van der Waals surface area contributed by atoms with Crippen LogP contribution in [0.2, 0.25) is 0 Å². The van der Waals surface area contributed by atoms with Gasteiger partial charge in [-0.05, 0) is 18.8 Å². The van der Waals surface area contributed by atoms with Crippen LogP contribution in [-0.4, -0.2) is 16.2 Å². The van der Waals surface area contributed by atoms with Gasteiger partial charge in [0, 0.05) is 10.8 Å². The molecule has 0 saturated heterocycles. The summed E-state index contributed by atoms with van der Waals surface area (Å²) in [6, 6.07) is 8.30. The number of azo groups is 1. The zero-order valence-corrected chi connectivity index (χ0v) is 13.2. The number of nitrogens with zero attached hydrogens (tertiary/aromatic N) is 4. The molecule has 0 bridgehead atoms. The van der Waals surface area contributed by atoms with Crippen molar-refractivity contribution >= 4 is 16.6 Å². The lowest BCUT2D eigenvalue weighted by Crippen LogP contribution is -2.07. The summed E-state index contributed by atoms with van der Waals surface area (Å²) in [5.41, 5.74) is 0. The van der Waals surface area contributed by atoms with Crippen molar-refractivity contribution in [1.29, 1.82) is 0 Å². The highest BCUT2D eigenvalue weighted by Crippen LogP contribution is 2.24. The molecule has 21 heavy (non-hydrogen) atoms.